The van der Waals surface area contributed by atoms with E-state index >= 15 is 0 Å². The lowest BCUT2D eigenvalue weighted by molar-refractivity contribution is 0.0895. The highest BCUT2D eigenvalue weighted by Crippen LogP contribution is 2.57. The molecule has 1 aliphatic carbocycles. The van der Waals surface area contributed by atoms with E-state index in [4.69, 9.17) is 9.47 Å². The van der Waals surface area contributed by atoms with Crippen molar-refractivity contribution in [1.82, 2.24) is 10.6 Å². The quantitative estimate of drug-likeness (QED) is 0.636. The van der Waals surface area contributed by atoms with Gasteiger partial charge in [0.2, 0.25) is 0 Å². The van der Waals surface area contributed by atoms with Crippen LogP contribution in [0.1, 0.15) is 50.4 Å². The van der Waals surface area contributed by atoms with Gasteiger partial charge in [0.1, 0.15) is 17.3 Å². The van der Waals surface area contributed by atoms with Crippen LogP contribution in [0.25, 0.3) is 0 Å². The van der Waals surface area contributed by atoms with Crippen molar-refractivity contribution in [3.63, 3.8) is 0 Å². The van der Waals surface area contributed by atoms with Crippen LogP contribution in [-0.2, 0) is 5.54 Å². The van der Waals surface area contributed by atoms with E-state index < -0.39 is 17.4 Å². The fourth-order valence-corrected chi connectivity index (χ4v) is 5.21. The molecule has 3 atom stereocenters. The molecule has 0 saturated carbocycles. The Bertz CT molecular complexity index is 1270. The number of halogens is 1. The van der Waals surface area contributed by atoms with E-state index in [1.54, 1.807) is 26.4 Å². The van der Waals surface area contributed by atoms with Crippen LogP contribution in [0.5, 0.6) is 11.5 Å². The van der Waals surface area contributed by atoms with Crippen molar-refractivity contribution >= 4 is 11.8 Å². The fourth-order valence-electron chi connectivity index (χ4n) is 5.21. The molecule has 5 rings (SSSR count). The molecular weight excluding hydrogens is 423 g/mol. The van der Waals surface area contributed by atoms with Crippen LogP contribution in [0, 0.1) is 11.7 Å². The number of rotatable bonds is 4. The van der Waals surface area contributed by atoms with Gasteiger partial charge in [-0.1, -0.05) is 25.1 Å². The van der Waals surface area contributed by atoms with Gasteiger partial charge in [0.15, 0.2) is 0 Å². The van der Waals surface area contributed by atoms with Crippen molar-refractivity contribution in [2.45, 2.75) is 18.5 Å². The van der Waals surface area contributed by atoms with Crippen LogP contribution in [0.3, 0.4) is 0 Å². The molecule has 168 valence electrons. The summed E-state index contributed by atoms with van der Waals surface area (Å²) in [5.41, 5.74) is 2.51. The molecule has 2 amide bonds. The molecule has 0 saturated heterocycles. The Labute approximate surface area is 190 Å². The summed E-state index contributed by atoms with van der Waals surface area (Å²) >= 11 is 0. The minimum Gasteiger partial charge on any atom is -0.497 e. The molecule has 1 spiro atoms. The summed E-state index contributed by atoms with van der Waals surface area (Å²) < 4.78 is 24.6. The van der Waals surface area contributed by atoms with Crippen LogP contribution in [0.2, 0.25) is 0 Å². The number of carbonyl (C=O) groups is 2. The molecule has 0 radical (unpaired) electrons. The smallest absolute Gasteiger partial charge is 0.252 e. The average Bonchev–Trinajstić information content (AvgIpc) is 3.26. The summed E-state index contributed by atoms with van der Waals surface area (Å²) in [6.45, 7) is 1.99. The van der Waals surface area contributed by atoms with Gasteiger partial charge in [-0.05, 0) is 47.5 Å². The molecule has 0 fully saturated rings. The predicted molar refractivity (Wildman–Crippen MR) is 120 cm³/mol. The van der Waals surface area contributed by atoms with Crippen LogP contribution < -0.4 is 20.1 Å². The SMILES string of the molecule is COc1cc(OC)c2c(c1)[C@]1(NC(=O)c3ccccc31)[C@H](C)[C@H]2NC(=O)c1ccc(F)cc1. The number of fused-ring (bicyclic) bond motifs is 4. The Morgan fingerprint density at radius 3 is 2.45 bits per heavy atom. The minimum absolute atomic E-state index is 0.171. The van der Waals surface area contributed by atoms with E-state index in [1.807, 2.05) is 31.2 Å². The number of hydrogen-bond donors (Lipinski definition) is 2. The normalized spacial score (nSPS) is 22.5. The maximum Gasteiger partial charge on any atom is 0.252 e. The Morgan fingerprint density at radius 2 is 1.76 bits per heavy atom. The first-order valence-electron chi connectivity index (χ1n) is 10.7. The van der Waals surface area contributed by atoms with Crippen molar-refractivity contribution in [2.24, 2.45) is 5.92 Å². The lowest BCUT2D eigenvalue weighted by Crippen LogP contribution is -2.46. The van der Waals surface area contributed by atoms with E-state index in [0.717, 1.165) is 16.7 Å². The van der Waals surface area contributed by atoms with Gasteiger partial charge >= 0.3 is 0 Å². The summed E-state index contributed by atoms with van der Waals surface area (Å²) in [6, 6.07) is 16.0. The highest BCUT2D eigenvalue weighted by molar-refractivity contribution is 6.01. The van der Waals surface area contributed by atoms with Crippen molar-refractivity contribution in [3.8, 4) is 11.5 Å². The molecule has 6 nitrogen and oxygen atoms in total. The third-order valence-corrected chi connectivity index (χ3v) is 6.79. The first-order valence-corrected chi connectivity index (χ1v) is 10.7. The number of amides is 2. The molecule has 1 heterocycles. The van der Waals surface area contributed by atoms with Gasteiger partial charge in [0.25, 0.3) is 11.8 Å². The molecule has 3 aromatic carbocycles. The van der Waals surface area contributed by atoms with Crippen molar-refractivity contribution in [1.29, 1.82) is 0 Å². The number of methoxy groups -OCH3 is 2. The first kappa shape index (κ1) is 21.0. The van der Waals surface area contributed by atoms with Crippen LogP contribution >= 0.6 is 0 Å². The Kier molecular flexibility index (Phi) is 4.85. The lowest BCUT2D eigenvalue weighted by Gasteiger charge is -2.33. The molecule has 2 N–H and O–H groups in total. The van der Waals surface area contributed by atoms with Crippen molar-refractivity contribution in [2.75, 3.05) is 14.2 Å². The molecule has 0 aromatic heterocycles. The summed E-state index contributed by atoms with van der Waals surface area (Å²) in [5.74, 6) is -0.0481. The largest absolute Gasteiger partial charge is 0.497 e. The van der Waals surface area contributed by atoms with Crippen LogP contribution in [-0.4, -0.2) is 26.0 Å². The fraction of sp³-hybridized carbons (Fsp3) is 0.231. The molecule has 7 heteroatoms. The average molecular weight is 446 g/mol. The van der Waals surface area contributed by atoms with Crippen molar-refractivity contribution < 1.29 is 23.5 Å². The van der Waals surface area contributed by atoms with Crippen LogP contribution in [0.4, 0.5) is 4.39 Å². The second kappa shape index (κ2) is 7.62. The Hall–Kier alpha value is -3.87. The van der Waals surface area contributed by atoms with Gasteiger partial charge in [-0.3, -0.25) is 9.59 Å². The number of benzene rings is 3. The van der Waals surface area contributed by atoms with E-state index in [-0.39, 0.29) is 17.7 Å². The number of ether oxygens (including phenoxy) is 2. The molecule has 1 aliphatic heterocycles. The van der Waals surface area contributed by atoms with Gasteiger partial charge < -0.3 is 20.1 Å². The molecular formula is C26H23FN2O4. The summed E-state index contributed by atoms with van der Waals surface area (Å²) in [7, 11) is 3.13. The number of hydrogen-bond acceptors (Lipinski definition) is 4. The van der Waals surface area contributed by atoms with E-state index in [9.17, 15) is 14.0 Å². The molecule has 3 aromatic rings. The number of carbonyl (C=O) groups excluding carboxylic acids is 2. The summed E-state index contributed by atoms with van der Waals surface area (Å²) in [5, 5.41) is 6.30. The first-order chi connectivity index (χ1) is 15.9. The lowest BCUT2D eigenvalue weighted by atomic mass is 9.78. The van der Waals surface area contributed by atoms with Gasteiger partial charge in [-0.2, -0.15) is 0 Å². The van der Waals surface area contributed by atoms with E-state index in [0.29, 0.717) is 22.6 Å². The highest BCUT2D eigenvalue weighted by Gasteiger charge is 2.57. The van der Waals surface area contributed by atoms with Gasteiger partial charge in [-0.25, -0.2) is 4.39 Å². The Balaban J connectivity index is 1.69. The summed E-state index contributed by atoms with van der Waals surface area (Å²) in [4.78, 5) is 26.1. The zero-order valence-electron chi connectivity index (χ0n) is 18.4. The zero-order valence-corrected chi connectivity index (χ0v) is 18.4. The van der Waals surface area contributed by atoms with E-state index in [2.05, 4.69) is 10.6 Å². The molecule has 0 unspecified atom stereocenters. The second-order valence-corrected chi connectivity index (χ2v) is 8.35. The minimum atomic E-state index is -0.869. The zero-order chi connectivity index (χ0) is 23.3. The van der Waals surface area contributed by atoms with Gasteiger partial charge in [0.05, 0.1) is 25.8 Å². The van der Waals surface area contributed by atoms with E-state index in [1.165, 1.54) is 24.3 Å². The standard InChI is InChI=1S/C26H23FN2O4/c1-14-23(28-24(30)15-8-10-16(27)11-9-15)22-20(12-17(32-2)13-21(22)33-3)26(14)19-7-5-4-6-18(19)25(31)29-26/h4-14,23H,1-3H3,(H,28,30)(H,29,31)/t14-,23-,26+/m1/s1. The number of nitrogens with one attached hydrogen (secondary N) is 2. The second-order valence-electron chi connectivity index (χ2n) is 8.35. The Morgan fingerprint density at radius 1 is 1.03 bits per heavy atom. The third kappa shape index (κ3) is 2.99. The predicted octanol–water partition coefficient (Wildman–Crippen LogP) is 3.95. The maximum atomic E-state index is 13.4. The highest BCUT2D eigenvalue weighted by atomic mass is 19.1. The topological polar surface area (TPSA) is 76.7 Å². The molecule has 0 bridgehead atoms. The monoisotopic (exact) mass is 446 g/mol. The molecule has 2 aliphatic rings. The van der Waals surface area contributed by atoms with Gasteiger partial charge in [0, 0.05) is 28.7 Å². The van der Waals surface area contributed by atoms with Crippen molar-refractivity contribution in [3.05, 3.63) is 94.3 Å². The van der Waals surface area contributed by atoms with Crippen LogP contribution in [0.15, 0.2) is 60.7 Å². The summed E-state index contributed by atoms with van der Waals surface area (Å²) in [6.07, 6.45) is 0. The third-order valence-electron chi connectivity index (χ3n) is 6.79. The van der Waals surface area contributed by atoms with Gasteiger partial charge in [-0.15, -0.1) is 0 Å². The maximum absolute atomic E-state index is 13.4. The molecule has 33 heavy (non-hydrogen) atoms.